The van der Waals surface area contributed by atoms with Crippen LogP contribution >= 0.6 is 11.8 Å². The number of carbonyl (C=O) groups excluding carboxylic acids is 1. The Kier molecular flexibility index (Phi) is 4.66. The third-order valence-corrected chi connectivity index (χ3v) is 4.67. The number of benzene rings is 1. The maximum Gasteiger partial charge on any atom is 0.306 e. The van der Waals surface area contributed by atoms with Crippen LogP contribution < -0.4 is 5.32 Å². The van der Waals surface area contributed by atoms with Crippen molar-refractivity contribution in [2.45, 2.75) is 24.1 Å². The highest BCUT2D eigenvalue weighted by Gasteiger charge is 2.31. The van der Waals surface area contributed by atoms with Gasteiger partial charge in [-0.25, -0.2) is 0 Å². The van der Waals surface area contributed by atoms with Gasteiger partial charge in [-0.15, -0.1) is 0 Å². The minimum Gasteiger partial charge on any atom is -0.469 e. The number of thioether (sulfide) groups is 1. The van der Waals surface area contributed by atoms with Gasteiger partial charge < -0.3 is 10.1 Å². The van der Waals surface area contributed by atoms with Gasteiger partial charge in [-0.3, -0.25) is 4.79 Å². The number of methoxy groups -OCH3 is 1. The van der Waals surface area contributed by atoms with E-state index < -0.39 is 0 Å². The maximum atomic E-state index is 11.1. The molecular weight excluding hydrogens is 246 g/mol. The molecule has 1 aliphatic rings. The summed E-state index contributed by atoms with van der Waals surface area (Å²) in [5.41, 5.74) is 2.82. The van der Waals surface area contributed by atoms with Crippen molar-refractivity contribution in [3.63, 3.8) is 0 Å². The van der Waals surface area contributed by atoms with E-state index in [0.717, 1.165) is 12.2 Å². The van der Waals surface area contributed by atoms with Crippen LogP contribution in [0, 0.1) is 0 Å². The molecule has 4 heteroatoms. The van der Waals surface area contributed by atoms with Gasteiger partial charge in [-0.05, 0) is 24.6 Å². The number of hydrogen-bond acceptors (Lipinski definition) is 4. The smallest absolute Gasteiger partial charge is 0.306 e. The Hall–Kier alpha value is -1.00. The van der Waals surface area contributed by atoms with Crippen molar-refractivity contribution in [3.8, 4) is 0 Å². The predicted octanol–water partition coefficient (Wildman–Crippen LogP) is 2.17. The summed E-state index contributed by atoms with van der Waals surface area (Å²) in [7, 11) is 3.44. The molecule has 18 heavy (non-hydrogen) atoms. The van der Waals surface area contributed by atoms with Gasteiger partial charge in [0, 0.05) is 17.0 Å². The number of fused-ring (bicyclic) bond motifs is 1. The SMILES string of the molecule is CNC1c2ccccc2CC1SCCC(=O)OC. The Morgan fingerprint density at radius 1 is 1.50 bits per heavy atom. The van der Waals surface area contributed by atoms with Crippen LogP contribution in [0.2, 0.25) is 0 Å². The number of esters is 1. The molecule has 0 heterocycles. The molecule has 1 aromatic carbocycles. The molecule has 0 fully saturated rings. The lowest BCUT2D eigenvalue weighted by atomic mass is 10.1. The van der Waals surface area contributed by atoms with Crippen molar-refractivity contribution < 1.29 is 9.53 Å². The van der Waals surface area contributed by atoms with Crippen LogP contribution in [0.3, 0.4) is 0 Å². The average molecular weight is 265 g/mol. The normalized spacial score (nSPS) is 21.7. The second-order valence-corrected chi connectivity index (χ2v) is 5.75. The second-order valence-electron chi connectivity index (χ2n) is 4.40. The summed E-state index contributed by atoms with van der Waals surface area (Å²) in [4.78, 5) is 11.1. The van der Waals surface area contributed by atoms with Gasteiger partial charge in [-0.2, -0.15) is 11.8 Å². The molecule has 1 aromatic rings. The van der Waals surface area contributed by atoms with E-state index in [0.29, 0.717) is 17.7 Å². The zero-order valence-corrected chi connectivity index (χ0v) is 11.6. The van der Waals surface area contributed by atoms with Crippen LogP contribution in [-0.4, -0.2) is 31.1 Å². The van der Waals surface area contributed by atoms with Gasteiger partial charge in [0.05, 0.1) is 13.5 Å². The summed E-state index contributed by atoms with van der Waals surface area (Å²) in [5, 5.41) is 3.90. The van der Waals surface area contributed by atoms with E-state index in [4.69, 9.17) is 0 Å². The molecule has 98 valence electrons. The first-order chi connectivity index (χ1) is 8.76. The fourth-order valence-electron chi connectivity index (χ4n) is 2.45. The largest absolute Gasteiger partial charge is 0.469 e. The lowest BCUT2D eigenvalue weighted by Crippen LogP contribution is -2.24. The fourth-order valence-corrected chi connectivity index (χ4v) is 3.81. The van der Waals surface area contributed by atoms with E-state index in [2.05, 4.69) is 34.3 Å². The molecule has 0 aliphatic heterocycles. The summed E-state index contributed by atoms with van der Waals surface area (Å²) < 4.78 is 4.66. The number of hydrogen-bond donors (Lipinski definition) is 1. The molecule has 0 spiro atoms. The van der Waals surface area contributed by atoms with Crippen molar-refractivity contribution in [2.75, 3.05) is 19.9 Å². The van der Waals surface area contributed by atoms with E-state index in [1.54, 1.807) is 0 Å². The van der Waals surface area contributed by atoms with Crippen LogP contribution in [0.4, 0.5) is 0 Å². The van der Waals surface area contributed by atoms with E-state index in [1.807, 2.05) is 18.8 Å². The molecule has 2 unspecified atom stereocenters. The molecule has 0 radical (unpaired) electrons. The lowest BCUT2D eigenvalue weighted by Gasteiger charge is -2.19. The van der Waals surface area contributed by atoms with Crippen LogP contribution in [-0.2, 0) is 16.0 Å². The van der Waals surface area contributed by atoms with Crippen molar-refractivity contribution in [3.05, 3.63) is 35.4 Å². The molecule has 0 amide bonds. The highest BCUT2D eigenvalue weighted by Crippen LogP contribution is 2.38. The van der Waals surface area contributed by atoms with Gasteiger partial charge in [-0.1, -0.05) is 24.3 Å². The fraction of sp³-hybridized carbons (Fsp3) is 0.500. The van der Waals surface area contributed by atoms with Gasteiger partial charge in [0.25, 0.3) is 0 Å². The summed E-state index contributed by atoms with van der Waals surface area (Å²) in [6.45, 7) is 0. The summed E-state index contributed by atoms with van der Waals surface area (Å²) in [6, 6.07) is 8.96. The zero-order chi connectivity index (χ0) is 13.0. The molecule has 0 bridgehead atoms. The Morgan fingerprint density at radius 2 is 2.28 bits per heavy atom. The number of nitrogens with one attached hydrogen (secondary N) is 1. The highest BCUT2D eigenvalue weighted by molar-refractivity contribution is 7.99. The van der Waals surface area contributed by atoms with Crippen molar-refractivity contribution in [1.82, 2.24) is 5.32 Å². The van der Waals surface area contributed by atoms with Crippen LogP contribution in [0.25, 0.3) is 0 Å². The molecule has 1 aliphatic carbocycles. The standard InChI is InChI=1S/C14H19NO2S/c1-15-14-11-6-4-3-5-10(11)9-12(14)18-8-7-13(16)17-2/h3-6,12,14-15H,7-9H2,1-2H3. The van der Waals surface area contributed by atoms with Crippen LogP contribution in [0.15, 0.2) is 24.3 Å². The highest BCUT2D eigenvalue weighted by atomic mass is 32.2. The van der Waals surface area contributed by atoms with E-state index in [1.165, 1.54) is 18.2 Å². The molecule has 0 saturated carbocycles. The average Bonchev–Trinajstić information content (AvgIpc) is 2.75. The van der Waals surface area contributed by atoms with Crippen LogP contribution in [0.5, 0.6) is 0 Å². The first-order valence-electron chi connectivity index (χ1n) is 6.19. The first-order valence-corrected chi connectivity index (χ1v) is 7.24. The Labute approximate surface area is 112 Å². The summed E-state index contributed by atoms with van der Waals surface area (Å²) >= 11 is 1.85. The van der Waals surface area contributed by atoms with Crippen LogP contribution in [0.1, 0.15) is 23.6 Å². The van der Waals surface area contributed by atoms with Crippen molar-refractivity contribution in [2.24, 2.45) is 0 Å². The van der Waals surface area contributed by atoms with Gasteiger partial charge in [0.1, 0.15) is 0 Å². The Bertz CT molecular complexity index is 422. The summed E-state index contributed by atoms with van der Waals surface area (Å²) in [5.74, 6) is 0.697. The molecule has 2 rings (SSSR count). The number of carbonyl (C=O) groups is 1. The quantitative estimate of drug-likeness (QED) is 0.828. The Morgan fingerprint density at radius 3 is 3.00 bits per heavy atom. The third kappa shape index (κ3) is 2.87. The van der Waals surface area contributed by atoms with Gasteiger partial charge in [0.15, 0.2) is 0 Å². The first kappa shape index (κ1) is 13.4. The molecule has 0 aromatic heterocycles. The molecule has 0 saturated heterocycles. The van der Waals surface area contributed by atoms with Crippen molar-refractivity contribution in [1.29, 1.82) is 0 Å². The molecule has 1 N–H and O–H groups in total. The molecular formula is C14H19NO2S. The predicted molar refractivity (Wildman–Crippen MR) is 74.8 cm³/mol. The number of rotatable bonds is 5. The second kappa shape index (κ2) is 6.25. The summed E-state index contributed by atoms with van der Waals surface area (Å²) in [6.07, 6.45) is 1.57. The third-order valence-electron chi connectivity index (χ3n) is 3.36. The molecule has 2 atom stereocenters. The minimum absolute atomic E-state index is 0.126. The maximum absolute atomic E-state index is 11.1. The van der Waals surface area contributed by atoms with Gasteiger partial charge in [0.2, 0.25) is 0 Å². The molecule has 3 nitrogen and oxygen atoms in total. The topological polar surface area (TPSA) is 38.3 Å². The minimum atomic E-state index is -0.126. The number of ether oxygens (including phenoxy) is 1. The van der Waals surface area contributed by atoms with E-state index in [9.17, 15) is 4.79 Å². The zero-order valence-electron chi connectivity index (χ0n) is 10.8. The monoisotopic (exact) mass is 265 g/mol. The Balaban J connectivity index is 1.93. The van der Waals surface area contributed by atoms with Gasteiger partial charge >= 0.3 is 5.97 Å². The van der Waals surface area contributed by atoms with E-state index in [-0.39, 0.29) is 5.97 Å². The lowest BCUT2D eigenvalue weighted by molar-refractivity contribution is -0.140. The van der Waals surface area contributed by atoms with Crippen molar-refractivity contribution >= 4 is 17.7 Å². The van der Waals surface area contributed by atoms with E-state index >= 15 is 0 Å².